The molecule has 1 aliphatic heterocycles. The summed E-state index contributed by atoms with van der Waals surface area (Å²) in [6, 6.07) is 19.9. The number of aryl methyl sites for hydroxylation is 2. The van der Waals surface area contributed by atoms with Crippen molar-refractivity contribution >= 4 is 17.4 Å². The molecule has 1 heterocycles. The number of rotatable bonds is 8. The molecule has 0 saturated carbocycles. The maximum absolute atomic E-state index is 13.4. The number of benzene rings is 3. The summed E-state index contributed by atoms with van der Waals surface area (Å²) in [6.07, 6.45) is -0.322. The molecule has 1 amide bonds. The maximum atomic E-state index is 13.4. The molecule has 6 nitrogen and oxygen atoms in total. The molecule has 0 fully saturated rings. The standard InChI is InChI=1S/C27H27NO5/c1-18-12-13-19(2)20(16-18)23(29)17-27(31)21-8-4-5-9-22(21)28(26(27)30)14-15-33-25-11-7-6-10-24(25)32-3/h4-13,16,31H,14-15,17H2,1-3H3. The number of ether oxygens (including phenoxy) is 2. The number of Topliss-reactive ketones (excluding diaryl/α,β-unsaturated/α-hetero) is 1. The number of carbonyl (C=O) groups is 2. The molecule has 0 spiro atoms. The second-order valence-electron chi connectivity index (χ2n) is 8.25. The van der Waals surface area contributed by atoms with Gasteiger partial charge in [-0.2, -0.15) is 0 Å². The van der Waals surface area contributed by atoms with Gasteiger partial charge >= 0.3 is 0 Å². The lowest BCUT2D eigenvalue weighted by molar-refractivity contribution is -0.135. The van der Waals surface area contributed by atoms with Crippen molar-refractivity contribution in [2.75, 3.05) is 25.2 Å². The van der Waals surface area contributed by atoms with Crippen molar-refractivity contribution in [1.29, 1.82) is 0 Å². The fourth-order valence-electron chi connectivity index (χ4n) is 4.25. The van der Waals surface area contributed by atoms with Crippen molar-refractivity contribution in [1.82, 2.24) is 0 Å². The van der Waals surface area contributed by atoms with Crippen LogP contribution in [0.15, 0.2) is 66.7 Å². The zero-order chi connectivity index (χ0) is 23.6. The van der Waals surface area contributed by atoms with Crippen LogP contribution in [0.5, 0.6) is 11.5 Å². The Balaban J connectivity index is 1.56. The van der Waals surface area contributed by atoms with Crippen LogP contribution in [0.1, 0.15) is 33.5 Å². The van der Waals surface area contributed by atoms with E-state index in [-0.39, 0.29) is 25.4 Å². The molecule has 3 aromatic rings. The first-order valence-electron chi connectivity index (χ1n) is 10.9. The first kappa shape index (κ1) is 22.6. The van der Waals surface area contributed by atoms with E-state index in [0.717, 1.165) is 11.1 Å². The summed E-state index contributed by atoms with van der Waals surface area (Å²) in [5, 5.41) is 11.5. The number of fused-ring (bicyclic) bond motifs is 1. The number of nitrogens with zero attached hydrogens (tertiary/aromatic N) is 1. The second-order valence-corrected chi connectivity index (χ2v) is 8.25. The predicted octanol–water partition coefficient (Wildman–Crippen LogP) is 4.20. The number of para-hydroxylation sites is 3. The molecule has 1 aliphatic rings. The van der Waals surface area contributed by atoms with E-state index < -0.39 is 11.5 Å². The van der Waals surface area contributed by atoms with Gasteiger partial charge in [0.2, 0.25) is 0 Å². The third-order valence-electron chi connectivity index (χ3n) is 5.99. The molecular weight excluding hydrogens is 418 g/mol. The number of hydrogen-bond acceptors (Lipinski definition) is 5. The molecule has 0 radical (unpaired) electrons. The van der Waals surface area contributed by atoms with Crippen LogP contribution in [-0.4, -0.2) is 37.1 Å². The van der Waals surface area contributed by atoms with Crippen molar-refractivity contribution in [3.05, 3.63) is 89.0 Å². The molecule has 33 heavy (non-hydrogen) atoms. The van der Waals surface area contributed by atoms with Crippen molar-refractivity contribution in [3.63, 3.8) is 0 Å². The number of anilines is 1. The van der Waals surface area contributed by atoms with Crippen LogP contribution in [0.2, 0.25) is 0 Å². The minimum absolute atomic E-state index is 0.196. The largest absolute Gasteiger partial charge is 0.493 e. The topological polar surface area (TPSA) is 76.1 Å². The van der Waals surface area contributed by atoms with Crippen molar-refractivity contribution in [2.45, 2.75) is 25.9 Å². The number of ketones is 1. The average molecular weight is 446 g/mol. The number of amides is 1. The molecule has 0 aliphatic carbocycles. The Morgan fingerprint density at radius 3 is 2.45 bits per heavy atom. The van der Waals surface area contributed by atoms with Crippen LogP contribution < -0.4 is 14.4 Å². The van der Waals surface area contributed by atoms with E-state index in [1.54, 1.807) is 49.6 Å². The summed E-state index contributed by atoms with van der Waals surface area (Å²) in [4.78, 5) is 28.0. The van der Waals surface area contributed by atoms with Crippen LogP contribution in [-0.2, 0) is 10.4 Å². The summed E-state index contributed by atoms with van der Waals surface area (Å²) in [6.45, 7) is 4.17. The zero-order valence-corrected chi connectivity index (χ0v) is 19.0. The smallest absolute Gasteiger partial charge is 0.264 e. The average Bonchev–Trinajstić information content (AvgIpc) is 3.02. The lowest BCUT2D eigenvalue weighted by Crippen LogP contribution is -2.43. The summed E-state index contributed by atoms with van der Waals surface area (Å²) >= 11 is 0. The summed E-state index contributed by atoms with van der Waals surface area (Å²) in [5.41, 5.74) is 1.38. The van der Waals surface area contributed by atoms with Gasteiger partial charge in [0.1, 0.15) is 6.61 Å². The van der Waals surface area contributed by atoms with Gasteiger partial charge in [0.15, 0.2) is 22.9 Å². The minimum Gasteiger partial charge on any atom is -0.493 e. The third kappa shape index (κ3) is 4.22. The highest BCUT2D eigenvalue weighted by atomic mass is 16.5. The van der Waals surface area contributed by atoms with Crippen LogP contribution in [0, 0.1) is 13.8 Å². The number of aliphatic hydroxyl groups is 1. The molecule has 0 saturated heterocycles. The van der Waals surface area contributed by atoms with Crippen LogP contribution in [0.3, 0.4) is 0 Å². The van der Waals surface area contributed by atoms with Gasteiger partial charge in [-0.15, -0.1) is 0 Å². The zero-order valence-electron chi connectivity index (χ0n) is 19.0. The van der Waals surface area contributed by atoms with Crippen LogP contribution in [0.25, 0.3) is 0 Å². The van der Waals surface area contributed by atoms with E-state index in [4.69, 9.17) is 9.47 Å². The van der Waals surface area contributed by atoms with Gasteiger partial charge in [0, 0.05) is 11.1 Å². The summed E-state index contributed by atoms with van der Waals surface area (Å²) in [7, 11) is 1.56. The molecule has 0 bridgehead atoms. The quantitative estimate of drug-likeness (QED) is 0.526. The fraction of sp³-hybridized carbons (Fsp3) is 0.259. The Bertz CT molecular complexity index is 1200. The first-order chi connectivity index (χ1) is 15.8. The Morgan fingerprint density at radius 1 is 1.00 bits per heavy atom. The highest BCUT2D eigenvalue weighted by molar-refractivity contribution is 6.11. The molecule has 0 aromatic heterocycles. The van der Waals surface area contributed by atoms with Gasteiger partial charge in [0.25, 0.3) is 5.91 Å². The Hall–Kier alpha value is -3.64. The SMILES string of the molecule is COc1ccccc1OCCN1C(=O)C(O)(CC(=O)c2cc(C)ccc2C)c2ccccc21. The van der Waals surface area contributed by atoms with E-state index in [1.807, 2.05) is 38.1 Å². The van der Waals surface area contributed by atoms with Gasteiger partial charge in [-0.3, -0.25) is 9.59 Å². The van der Waals surface area contributed by atoms with Crippen molar-refractivity contribution in [3.8, 4) is 11.5 Å². The summed E-state index contributed by atoms with van der Waals surface area (Å²) < 4.78 is 11.1. The Kier molecular flexibility index (Phi) is 6.20. The Labute approximate surface area is 193 Å². The van der Waals surface area contributed by atoms with E-state index in [9.17, 15) is 14.7 Å². The van der Waals surface area contributed by atoms with Crippen LogP contribution >= 0.6 is 0 Å². The molecule has 170 valence electrons. The maximum Gasteiger partial charge on any atom is 0.264 e. The van der Waals surface area contributed by atoms with Gasteiger partial charge in [0.05, 0.1) is 25.8 Å². The first-order valence-corrected chi connectivity index (χ1v) is 10.9. The third-order valence-corrected chi connectivity index (χ3v) is 5.99. The molecular formula is C27H27NO5. The van der Waals surface area contributed by atoms with Crippen molar-refractivity contribution in [2.24, 2.45) is 0 Å². The minimum atomic E-state index is -1.92. The second kappa shape index (κ2) is 9.08. The van der Waals surface area contributed by atoms with E-state index in [2.05, 4.69) is 0 Å². The van der Waals surface area contributed by atoms with Crippen molar-refractivity contribution < 1.29 is 24.2 Å². The lowest BCUT2D eigenvalue weighted by atomic mass is 9.87. The molecule has 1 unspecified atom stereocenters. The van der Waals surface area contributed by atoms with Gasteiger partial charge < -0.3 is 19.5 Å². The molecule has 6 heteroatoms. The molecule has 1 atom stereocenters. The Morgan fingerprint density at radius 2 is 1.70 bits per heavy atom. The summed E-state index contributed by atoms with van der Waals surface area (Å²) in [5.74, 6) is 0.376. The van der Waals surface area contributed by atoms with Gasteiger partial charge in [-0.1, -0.05) is 48.0 Å². The lowest BCUT2D eigenvalue weighted by Gasteiger charge is -2.23. The number of hydrogen-bond donors (Lipinski definition) is 1. The highest BCUT2D eigenvalue weighted by Gasteiger charge is 2.50. The molecule has 3 aromatic carbocycles. The molecule has 4 rings (SSSR count). The van der Waals surface area contributed by atoms with Crippen LogP contribution in [0.4, 0.5) is 5.69 Å². The van der Waals surface area contributed by atoms with Gasteiger partial charge in [-0.05, 0) is 43.7 Å². The monoisotopic (exact) mass is 445 g/mol. The molecule has 1 N–H and O–H groups in total. The van der Waals surface area contributed by atoms with E-state index in [0.29, 0.717) is 28.3 Å². The normalized spacial score (nSPS) is 17.1. The van der Waals surface area contributed by atoms with E-state index >= 15 is 0 Å². The highest BCUT2D eigenvalue weighted by Crippen LogP contribution is 2.43. The fourth-order valence-corrected chi connectivity index (χ4v) is 4.25. The number of methoxy groups -OCH3 is 1. The predicted molar refractivity (Wildman–Crippen MR) is 126 cm³/mol. The van der Waals surface area contributed by atoms with E-state index in [1.165, 1.54) is 4.90 Å². The van der Waals surface area contributed by atoms with Gasteiger partial charge in [-0.25, -0.2) is 0 Å². The number of carbonyl (C=O) groups excluding carboxylic acids is 2.